The fraction of sp³-hybridized carbons (Fsp3) is 0.643. The number of nitrogens with zero attached hydrogens (tertiary/aromatic N) is 2. The van der Waals surface area contributed by atoms with Crippen molar-refractivity contribution in [3.8, 4) is 0 Å². The average molecular weight is 279 g/mol. The Balaban J connectivity index is 2.02. The van der Waals surface area contributed by atoms with E-state index in [0.29, 0.717) is 18.0 Å². The Labute approximate surface area is 118 Å². The van der Waals surface area contributed by atoms with E-state index in [4.69, 9.17) is 5.11 Å². The molecule has 0 unspecified atom stereocenters. The lowest BCUT2D eigenvalue weighted by atomic mass is 10.1. The van der Waals surface area contributed by atoms with Crippen molar-refractivity contribution in [1.82, 2.24) is 15.1 Å². The molecular formula is C14H21N3O3. The summed E-state index contributed by atoms with van der Waals surface area (Å²) in [7, 11) is 1.82. The molecule has 1 fully saturated rings. The van der Waals surface area contributed by atoms with Crippen LogP contribution in [0.2, 0.25) is 0 Å². The van der Waals surface area contributed by atoms with E-state index in [1.54, 1.807) is 10.7 Å². The molecule has 6 heteroatoms. The van der Waals surface area contributed by atoms with Crippen LogP contribution in [0.1, 0.15) is 61.1 Å². The van der Waals surface area contributed by atoms with E-state index < -0.39 is 17.9 Å². The highest BCUT2D eigenvalue weighted by Gasteiger charge is 2.29. The summed E-state index contributed by atoms with van der Waals surface area (Å²) in [5.74, 6) is -0.898. The molecule has 2 rings (SSSR count). The lowest BCUT2D eigenvalue weighted by Gasteiger charge is -2.12. The second-order valence-electron chi connectivity index (χ2n) is 5.36. The zero-order valence-corrected chi connectivity index (χ0v) is 11.9. The van der Waals surface area contributed by atoms with Crippen molar-refractivity contribution in [1.29, 1.82) is 0 Å². The van der Waals surface area contributed by atoms with E-state index in [-0.39, 0.29) is 0 Å². The minimum atomic E-state index is -0.995. The van der Waals surface area contributed by atoms with E-state index in [0.717, 1.165) is 31.4 Å². The van der Waals surface area contributed by atoms with Crippen molar-refractivity contribution in [3.63, 3.8) is 0 Å². The standard InChI is InChI=1S/C14H21N3O3/c1-3-4-5-10(14(19)20)15-13(18)11-8-12(9-6-7-9)17(2)16-11/h8-10H,3-7H2,1-2H3,(H,15,18)(H,19,20)/t10-/m0/s1. The number of carbonyl (C=O) groups is 2. The predicted octanol–water partition coefficient (Wildman–Crippen LogP) is 1.67. The summed E-state index contributed by atoms with van der Waals surface area (Å²) < 4.78 is 1.72. The minimum Gasteiger partial charge on any atom is -0.480 e. The van der Waals surface area contributed by atoms with Gasteiger partial charge in [-0.2, -0.15) is 5.10 Å². The molecule has 1 aliphatic rings. The molecule has 1 heterocycles. The summed E-state index contributed by atoms with van der Waals surface area (Å²) in [4.78, 5) is 23.2. The third-order valence-electron chi connectivity index (χ3n) is 3.59. The van der Waals surface area contributed by atoms with Gasteiger partial charge in [0, 0.05) is 18.7 Å². The zero-order chi connectivity index (χ0) is 14.7. The highest BCUT2D eigenvalue weighted by Crippen LogP contribution is 2.39. The first kappa shape index (κ1) is 14.6. The predicted molar refractivity (Wildman–Crippen MR) is 73.6 cm³/mol. The van der Waals surface area contributed by atoms with Gasteiger partial charge >= 0.3 is 5.97 Å². The summed E-state index contributed by atoms with van der Waals surface area (Å²) in [6.45, 7) is 1.99. The van der Waals surface area contributed by atoms with Gasteiger partial charge in [-0.3, -0.25) is 9.48 Å². The molecule has 0 aliphatic heterocycles. The first-order valence-electron chi connectivity index (χ1n) is 7.10. The molecular weight excluding hydrogens is 258 g/mol. The molecule has 1 aromatic rings. The van der Waals surface area contributed by atoms with Gasteiger partial charge < -0.3 is 10.4 Å². The summed E-state index contributed by atoms with van der Waals surface area (Å²) in [6, 6.07) is 0.931. The van der Waals surface area contributed by atoms with Crippen molar-refractivity contribution in [3.05, 3.63) is 17.5 Å². The first-order valence-corrected chi connectivity index (χ1v) is 7.10. The van der Waals surface area contributed by atoms with Crippen LogP contribution in [-0.4, -0.2) is 32.8 Å². The molecule has 1 saturated carbocycles. The van der Waals surface area contributed by atoms with Gasteiger partial charge in [0.05, 0.1) is 0 Å². The quantitative estimate of drug-likeness (QED) is 0.795. The number of carbonyl (C=O) groups excluding carboxylic acids is 1. The SMILES string of the molecule is CCCC[C@H](NC(=O)c1cc(C2CC2)n(C)n1)C(=O)O. The Hall–Kier alpha value is -1.85. The Kier molecular flexibility index (Phi) is 4.42. The lowest BCUT2D eigenvalue weighted by molar-refractivity contribution is -0.139. The van der Waals surface area contributed by atoms with Crippen LogP contribution in [0.4, 0.5) is 0 Å². The lowest BCUT2D eigenvalue weighted by Crippen LogP contribution is -2.40. The van der Waals surface area contributed by atoms with E-state index >= 15 is 0 Å². The van der Waals surface area contributed by atoms with Gasteiger partial charge in [-0.05, 0) is 25.3 Å². The summed E-state index contributed by atoms with van der Waals surface area (Å²) >= 11 is 0. The van der Waals surface area contributed by atoms with Crippen LogP contribution >= 0.6 is 0 Å². The molecule has 0 bridgehead atoms. The van der Waals surface area contributed by atoms with Crippen molar-refractivity contribution < 1.29 is 14.7 Å². The molecule has 1 amide bonds. The van der Waals surface area contributed by atoms with E-state index in [9.17, 15) is 9.59 Å². The Morgan fingerprint density at radius 3 is 2.80 bits per heavy atom. The number of aromatic nitrogens is 2. The van der Waals surface area contributed by atoms with Crippen LogP contribution in [0.5, 0.6) is 0 Å². The number of nitrogens with one attached hydrogen (secondary N) is 1. The molecule has 0 aromatic carbocycles. The number of aryl methyl sites for hydroxylation is 1. The minimum absolute atomic E-state index is 0.303. The normalized spacial score (nSPS) is 15.9. The monoisotopic (exact) mass is 279 g/mol. The van der Waals surface area contributed by atoms with Crippen molar-refractivity contribution in [2.45, 2.75) is 51.0 Å². The number of aliphatic carboxylic acids is 1. The molecule has 0 radical (unpaired) electrons. The third kappa shape index (κ3) is 3.37. The second-order valence-corrected chi connectivity index (χ2v) is 5.36. The van der Waals surface area contributed by atoms with Gasteiger partial charge in [-0.15, -0.1) is 0 Å². The second kappa shape index (κ2) is 6.07. The van der Waals surface area contributed by atoms with Crippen LogP contribution in [0, 0.1) is 0 Å². The fourth-order valence-electron chi connectivity index (χ4n) is 2.25. The third-order valence-corrected chi connectivity index (χ3v) is 3.59. The topological polar surface area (TPSA) is 84.2 Å². The molecule has 1 aromatic heterocycles. The average Bonchev–Trinajstić information content (AvgIpc) is 3.17. The maximum atomic E-state index is 12.1. The van der Waals surface area contributed by atoms with Gasteiger partial charge in [0.1, 0.15) is 11.7 Å². The van der Waals surface area contributed by atoms with Crippen LogP contribution in [-0.2, 0) is 11.8 Å². The summed E-state index contributed by atoms with van der Waals surface area (Å²) in [6.07, 6.45) is 4.38. The number of unbranched alkanes of at least 4 members (excludes halogenated alkanes) is 1. The smallest absolute Gasteiger partial charge is 0.326 e. The number of carboxylic acids is 1. The fourth-order valence-corrected chi connectivity index (χ4v) is 2.25. The van der Waals surface area contributed by atoms with E-state index in [1.165, 1.54) is 0 Å². The Morgan fingerprint density at radius 1 is 1.55 bits per heavy atom. The number of rotatable bonds is 7. The van der Waals surface area contributed by atoms with Crippen LogP contribution in [0.15, 0.2) is 6.07 Å². The highest BCUT2D eigenvalue weighted by molar-refractivity contribution is 5.95. The molecule has 1 aliphatic carbocycles. The van der Waals surface area contributed by atoms with Crippen LogP contribution in [0.3, 0.4) is 0 Å². The highest BCUT2D eigenvalue weighted by atomic mass is 16.4. The van der Waals surface area contributed by atoms with Gasteiger partial charge in [0.25, 0.3) is 5.91 Å². The van der Waals surface area contributed by atoms with Crippen LogP contribution in [0.25, 0.3) is 0 Å². The number of hydrogen-bond donors (Lipinski definition) is 2. The van der Waals surface area contributed by atoms with Gasteiger partial charge in [-0.1, -0.05) is 19.8 Å². The summed E-state index contributed by atoms with van der Waals surface area (Å²) in [5.41, 5.74) is 1.35. The maximum absolute atomic E-state index is 12.1. The zero-order valence-electron chi connectivity index (χ0n) is 11.9. The summed E-state index contributed by atoms with van der Waals surface area (Å²) in [5, 5.41) is 15.8. The maximum Gasteiger partial charge on any atom is 0.326 e. The van der Waals surface area contributed by atoms with E-state index in [2.05, 4.69) is 10.4 Å². The van der Waals surface area contributed by atoms with Gasteiger partial charge in [0.2, 0.25) is 0 Å². The molecule has 1 atom stereocenters. The van der Waals surface area contributed by atoms with Crippen molar-refractivity contribution in [2.24, 2.45) is 7.05 Å². The van der Waals surface area contributed by atoms with Gasteiger partial charge in [0.15, 0.2) is 0 Å². The largest absolute Gasteiger partial charge is 0.480 e. The molecule has 0 spiro atoms. The first-order chi connectivity index (χ1) is 9.52. The number of carboxylic acid groups (broad SMARTS) is 1. The number of hydrogen-bond acceptors (Lipinski definition) is 3. The molecule has 110 valence electrons. The van der Waals surface area contributed by atoms with Crippen molar-refractivity contribution >= 4 is 11.9 Å². The van der Waals surface area contributed by atoms with Crippen molar-refractivity contribution in [2.75, 3.05) is 0 Å². The molecule has 2 N–H and O–H groups in total. The van der Waals surface area contributed by atoms with Gasteiger partial charge in [-0.25, -0.2) is 4.79 Å². The molecule has 20 heavy (non-hydrogen) atoms. The van der Waals surface area contributed by atoms with Crippen LogP contribution < -0.4 is 5.32 Å². The Morgan fingerprint density at radius 2 is 2.25 bits per heavy atom. The van der Waals surface area contributed by atoms with E-state index in [1.807, 2.05) is 14.0 Å². The number of amides is 1. The Bertz CT molecular complexity index is 506. The molecule has 6 nitrogen and oxygen atoms in total. The molecule has 0 saturated heterocycles.